The number of hydrogen-bond donors (Lipinski definition) is 1. The molecule has 0 bridgehead atoms. The van der Waals surface area contributed by atoms with Gasteiger partial charge in [-0.3, -0.25) is 10.1 Å². The van der Waals surface area contributed by atoms with Crippen LogP contribution in [0.2, 0.25) is 0 Å². The van der Waals surface area contributed by atoms with Crippen LogP contribution in [0.3, 0.4) is 0 Å². The Bertz CT molecular complexity index is 638. The van der Waals surface area contributed by atoms with Gasteiger partial charge in [-0.1, -0.05) is 11.2 Å². The third-order valence-corrected chi connectivity index (χ3v) is 2.78. The molecule has 0 aliphatic heterocycles. The second-order valence-electron chi connectivity index (χ2n) is 4.28. The normalized spacial score (nSPS) is 14.4. The zero-order valence-corrected chi connectivity index (χ0v) is 9.69. The molecule has 2 aromatic rings. The van der Waals surface area contributed by atoms with Crippen LogP contribution in [0.4, 0.5) is 14.8 Å². The largest absolute Gasteiger partial charge is 0.408 e. The Balaban J connectivity index is 1.78. The number of benzene rings is 1. The van der Waals surface area contributed by atoms with Crippen molar-refractivity contribution in [3.8, 4) is 0 Å². The zero-order chi connectivity index (χ0) is 13.4. The molecule has 1 aromatic carbocycles. The van der Waals surface area contributed by atoms with Crippen LogP contribution in [0.1, 0.15) is 35.0 Å². The SMILES string of the molecule is O=C(Nc1nnc(C2CC2)o1)c1cccc(F)c1F. The molecule has 1 saturated carbocycles. The Labute approximate surface area is 106 Å². The minimum absolute atomic E-state index is 0.115. The van der Waals surface area contributed by atoms with Crippen molar-refractivity contribution in [1.82, 2.24) is 10.2 Å². The molecule has 0 unspecified atom stereocenters. The highest BCUT2D eigenvalue weighted by atomic mass is 19.2. The number of carbonyl (C=O) groups is 1. The van der Waals surface area contributed by atoms with Gasteiger partial charge >= 0.3 is 6.01 Å². The molecule has 7 heteroatoms. The van der Waals surface area contributed by atoms with Gasteiger partial charge in [-0.25, -0.2) is 8.78 Å². The fourth-order valence-electron chi connectivity index (χ4n) is 1.62. The van der Waals surface area contributed by atoms with E-state index in [1.165, 1.54) is 12.1 Å². The molecule has 1 amide bonds. The average molecular weight is 265 g/mol. The lowest BCUT2D eigenvalue weighted by Gasteiger charge is -2.02. The average Bonchev–Trinajstić information content (AvgIpc) is 3.14. The third kappa shape index (κ3) is 2.31. The predicted octanol–water partition coefficient (Wildman–Crippen LogP) is 2.48. The summed E-state index contributed by atoms with van der Waals surface area (Å²) in [6.07, 6.45) is 1.96. The zero-order valence-electron chi connectivity index (χ0n) is 9.69. The van der Waals surface area contributed by atoms with Gasteiger partial charge in [0.15, 0.2) is 11.6 Å². The van der Waals surface area contributed by atoms with Crippen molar-refractivity contribution in [2.45, 2.75) is 18.8 Å². The fraction of sp³-hybridized carbons (Fsp3) is 0.250. The van der Waals surface area contributed by atoms with Gasteiger partial charge in [0, 0.05) is 5.92 Å². The van der Waals surface area contributed by atoms with Crippen LogP contribution < -0.4 is 5.32 Å². The maximum absolute atomic E-state index is 13.4. The number of hydrogen-bond acceptors (Lipinski definition) is 4. The van der Waals surface area contributed by atoms with Crippen molar-refractivity contribution >= 4 is 11.9 Å². The number of carbonyl (C=O) groups excluding carboxylic acids is 1. The Kier molecular flexibility index (Phi) is 2.73. The van der Waals surface area contributed by atoms with Crippen LogP contribution in [0.15, 0.2) is 22.6 Å². The van der Waals surface area contributed by atoms with Gasteiger partial charge in [0.1, 0.15) is 0 Å². The second kappa shape index (κ2) is 4.42. The summed E-state index contributed by atoms with van der Waals surface area (Å²) in [7, 11) is 0. The lowest BCUT2D eigenvalue weighted by atomic mass is 10.2. The van der Waals surface area contributed by atoms with E-state index in [0.717, 1.165) is 18.9 Å². The third-order valence-electron chi connectivity index (χ3n) is 2.78. The van der Waals surface area contributed by atoms with Gasteiger partial charge in [-0.2, -0.15) is 0 Å². The Morgan fingerprint density at radius 1 is 1.32 bits per heavy atom. The quantitative estimate of drug-likeness (QED) is 0.925. The van der Waals surface area contributed by atoms with Crippen molar-refractivity contribution in [3.63, 3.8) is 0 Å². The maximum Gasteiger partial charge on any atom is 0.322 e. The molecule has 3 rings (SSSR count). The number of halogens is 2. The van der Waals surface area contributed by atoms with Crippen LogP contribution in [0, 0.1) is 11.6 Å². The van der Waals surface area contributed by atoms with Crippen molar-refractivity contribution < 1.29 is 18.0 Å². The summed E-state index contributed by atoms with van der Waals surface area (Å²) >= 11 is 0. The highest BCUT2D eigenvalue weighted by Crippen LogP contribution is 2.39. The Morgan fingerprint density at radius 3 is 2.84 bits per heavy atom. The van der Waals surface area contributed by atoms with E-state index in [1.54, 1.807) is 0 Å². The van der Waals surface area contributed by atoms with E-state index in [1.807, 2.05) is 0 Å². The van der Waals surface area contributed by atoms with Crippen molar-refractivity contribution in [2.75, 3.05) is 5.32 Å². The summed E-state index contributed by atoms with van der Waals surface area (Å²) in [5, 5.41) is 9.64. The van der Waals surface area contributed by atoms with Crippen LogP contribution in [0.5, 0.6) is 0 Å². The number of amides is 1. The first-order chi connectivity index (χ1) is 9.15. The van der Waals surface area contributed by atoms with E-state index in [0.29, 0.717) is 5.89 Å². The van der Waals surface area contributed by atoms with Gasteiger partial charge in [0.25, 0.3) is 5.91 Å². The fourth-order valence-corrected chi connectivity index (χ4v) is 1.62. The molecule has 0 radical (unpaired) electrons. The van der Waals surface area contributed by atoms with E-state index in [4.69, 9.17) is 4.42 Å². The van der Waals surface area contributed by atoms with E-state index >= 15 is 0 Å². The molecule has 5 nitrogen and oxygen atoms in total. The summed E-state index contributed by atoms with van der Waals surface area (Å²) in [5.41, 5.74) is -0.411. The van der Waals surface area contributed by atoms with Gasteiger partial charge in [-0.15, -0.1) is 5.10 Å². The van der Waals surface area contributed by atoms with E-state index < -0.39 is 23.1 Å². The second-order valence-corrected chi connectivity index (χ2v) is 4.28. The van der Waals surface area contributed by atoms with Gasteiger partial charge < -0.3 is 4.42 Å². The van der Waals surface area contributed by atoms with Gasteiger partial charge in [0.05, 0.1) is 5.56 Å². The number of anilines is 1. The highest BCUT2D eigenvalue weighted by molar-refractivity contribution is 6.03. The Hall–Kier alpha value is -2.31. The number of nitrogens with zero attached hydrogens (tertiary/aromatic N) is 2. The first-order valence-electron chi connectivity index (χ1n) is 5.74. The van der Waals surface area contributed by atoms with Crippen LogP contribution in [-0.4, -0.2) is 16.1 Å². The van der Waals surface area contributed by atoms with Crippen molar-refractivity contribution in [2.24, 2.45) is 0 Å². The molecular formula is C12H9F2N3O2. The predicted molar refractivity (Wildman–Crippen MR) is 60.6 cm³/mol. The summed E-state index contributed by atoms with van der Waals surface area (Å²) in [6.45, 7) is 0. The lowest BCUT2D eigenvalue weighted by Crippen LogP contribution is -2.14. The van der Waals surface area contributed by atoms with Gasteiger partial charge in [-0.05, 0) is 25.0 Å². The van der Waals surface area contributed by atoms with E-state index in [-0.39, 0.29) is 11.9 Å². The molecule has 1 aliphatic rings. The summed E-state index contributed by atoms with van der Waals surface area (Å²) in [4.78, 5) is 11.7. The van der Waals surface area contributed by atoms with Crippen LogP contribution in [0.25, 0.3) is 0 Å². The molecule has 0 atom stereocenters. The minimum Gasteiger partial charge on any atom is -0.408 e. The molecule has 1 aliphatic carbocycles. The summed E-state index contributed by atoms with van der Waals surface area (Å²) < 4.78 is 31.6. The molecule has 1 aromatic heterocycles. The molecule has 0 spiro atoms. The standard InChI is InChI=1S/C12H9F2N3O2/c13-8-3-1-2-7(9(8)14)10(18)15-12-17-16-11(19-12)6-4-5-6/h1-3,6H,4-5H2,(H,15,17,18). The highest BCUT2D eigenvalue weighted by Gasteiger charge is 2.29. The van der Waals surface area contributed by atoms with Crippen LogP contribution >= 0.6 is 0 Å². The van der Waals surface area contributed by atoms with Crippen molar-refractivity contribution in [3.05, 3.63) is 41.3 Å². The summed E-state index contributed by atoms with van der Waals surface area (Å²) in [5.74, 6) is -2.42. The topological polar surface area (TPSA) is 68.0 Å². The molecular weight excluding hydrogens is 256 g/mol. The number of nitrogens with one attached hydrogen (secondary N) is 1. The Morgan fingerprint density at radius 2 is 2.11 bits per heavy atom. The van der Waals surface area contributed by atoms with E-state index in [2.05, 4.69) is 15.5 Å². The lowest BCUT2D eigenvalue weighted by molar-refractivity contribution is 0.101. The smallest absolute Gasteiger partial charge is 0.322 e. The van der Waals surface area contributed by atoms with E-state index in [9.17, 15) is 13.6 Å². The molecule has 1 fully saturated rings. The van der Waals surface area contributed by atoms with Gasteiger partial charge in [0.2, 0.25) is 5.89 Å². The first kappa shape index (κ1) is 11.8. The monoisotopic (exact) mass is 265 g/mol. The molecule has 1 heterocycles. The number of rotatable bonds is 3. The van der Waals surface area contributed by atoms with Crippen molar-refractivity contribution in [1.29, 1.82) is 0 Å². The summed E-state index contributed by atoms with van der Waals surface area (Å²) in [6, 6.07) is 3.24. The van der Waals surface area contributed by atoms with Crippen LogP contribution in [-0.2, 0) is 0 Å². The molecule has 19 heavy (non-hydrogen) atoms. The maximum atomic E-state index is 13.4. The molecule has 1 N–H and O–H groups in total. The molecule has 0 saturated heterocycles. The minimum atomic E-state index is -1.21. The molecule has 98 valence electrons. The number of aromatic nitrogens is 2. The first-order valence-corrected chi connectivity index (χ1v) is 5.74.